The predicted octanol–water partition coefficient (Wildman–Crippen LogP) is 2.76. The number of benzene rings is 1. The molecule has 34 heavy (non-hydrogen) atoms. The van der Waals surface area contributed by atoms with E-state index in [4.69, 9.17) is 31.6 Å². The maximum absolute atomic E-state index is 11.3. The summed E-state index contributed by atoms with van der Waals surface area (Å²) in [7, 11) is 0. The number of nitrogens with zero attached hydrogens (tertiary/aromatic N) is 5. The third kappa shape index (κ3) is 4.98. The van der Waals surface area contributed by atoms with Crippen LogP contribution >= 0.6 is 11.6 Å². The third-order valence-corrected chi connectivity index (χ3v) is 7.23. The first-order chi connectivity index (χ1) is 16.5. The van der Waals surface area contributed by atoms with E-state index in [2.05, 4.69) is 38.7 Å². The Bertz CT molecular complexity index is 1150. The predicted molar refractivity (Wildman–Crippen MR) is 129 cm³/mol. The van der Waals surface area contributed by atoms with Crippen LogP contribution in [0.3, 0.4) is 0 Å². The first-order valence-electron chi connectivity index (χ1n) is 11.9. The summed E-state index contributed by atoms with van der Waals surface area (Å²) in [5.41, 5.74) is 7.30. The van der Waals surface area contributed by atoms with Crippen molar-refractivity contribution < 1.29 is 14.1 Å². The van der Waals surface area contributed by atoms with Crippen molar-refractivity contribution in [1.29, 1.82) is 0 Å². The fourth-order valence-electron chi connectivity index (χ4n) is 5.11. The van der Waals surface area contributed by atoms with Crippen molar-refractivity contribution in [2.75, 3.05) is 39.4 Å². The molecule has 10 heteroatoms. The van der Waals surface area contributed by atoms with Gasteiger partial charge in [0.2, 0.25) is 17.6 Å². The van der Waals surface area contributed by atoms with Gasteiger partial charge in [-0.15, -0.1) is 0 Å². The molecule has 1 atom stereocenters. The van der Waals surface area contributed by atoms with Gasteiger partial charge in [0.05, 0.1) is 23.6 Å². The fraction of sp³-hybridized carbons (Fsp3) is 0.542. The van der Waals surface area contributed by atoms with Crippen LogP contribution in [0.5, 0.6) is 0 Å². The molecule has 2 fully saturated rings. The van der Waals surface area contributed by atoms with Crippen molar-refractivity contribution in [3.63, 3.8) is 0 Å². The van der Waals surface area contributed by atoms with Crippen molar-refractivity contribution in [3.8, 4) is 11.4 Å². The number of hydrogen-bond donors (Lipinski definition) is 1. The number of ether oxygens (including phenoxy) is 1. The van der Waals surface area contributed by atoms with Crippen LogP contribution < -0.4 is 5.73 Å². The van der Waals surface area contributed by atoms with Crippen LogP contribution in [0.4, 0.5) is 0 Å². The summed E-state index contributed by atoms with van der Waals surface area (Å²) in [5.74, 6) is 1.42. The van der Waals surface area contributed by atoms with Crippen LogP contribution in [0, 0.1) is 5.92 Å². The highest BCUT2D eigenvalue weighted by Crippen LogP contribution is 2.34. The Hall–Kier alpha value is -2.46. The molecule has 0 saturated carbocycles. The Morgan fingerprint density at radius 3 is 2.85 bits per heavy atom. The molecule has 0 aliphatic carbocycles. The van der Waals surface area contributed by atoms with Gasteiger partial charge in [-0.05, 0) is 31.7 Å². The average Bonchev–Trinajstić information content (AvgIpc) is 3.41. The second-order valence-corrected chi connectivity index (χ2v) is 9.83. The van der Waals surface area contributed by atoms with Gasteiger partial charge < -0.3 is 19.6 Å². The van der Waals surface area contributed by atoms with Crippen LogP contribution in [-0.2, 0) is 22.6 Å². The van der Waals surface area contributed by atoms with Crippen LogP contribution in [0.25, 0.3) is 22.3 Å². The van der Waals surface area contributed by atoms with Crippen molar-refractivity contribution in [1.82, 2.24) is 24.5 Å². The zero-order chi connectivity index (χ0) is 23.7. The monoisotopic (exact) mass is 486 g/mol. The molecule has 0 unspecified atom stereocenters. The van der Waals surface area contributed by atoms with Crippen LogP contribution in [-0.4, -0.2) is 75.8 Å². The number of nitrogens with two attached hydrogens (primary N) is 1. The number of amides is 1. The molecule has 3 aromatic rings. The number of aromatic nitrogens is 3. The molecule has 2 aliphatic rings. The first kappa shape index (κ1) is 23.3. The number of rotatable bonds is 7. The highest BCUT2D eigenvalue weighted by molar-refractivity contribution is 6.35. The van der Waals surface area contributed by atoms with Gasteiger partial charge in [0.15, 0.2) is 0 Å². The summed E-state index contributed by atoms with van der Waals surface area (Å²) >= 11 is 6.62. The molecule has 2 aliphatic heterocycles. The Balaban J connectivity index is 1.34. The Labute approximate surface area is 203 Å². The maximum Gasteiger partial charge on any atom is 0.241 e. The van der Waals surface area contributed by atoms with Gasteiger partial charge in [-0.3, -0.25) is 14.6 Å². The number of para-hydroxylation sites is 1. The van der Waals surface area contributed by atoms with Gasteiger partial charge in [0.25, 0.3) is 0 Å². The lowest BCUT2D eigenvalue weighted by Crippen LogP contribution is -2.53. The van der Waals surface area contributed by atoms with Crippen molar-refractivity contribution in [2.45, 2.75) is 38.9 Å². The summed E-state index contributed by atoms with van der Waals surface area (Å²) in [6.07, 6.45) is 4.21. The van der Waals surface area contributed by atoms with Crippen LogP contribution in [0.2, 0.25) is 5.02 Å². The fourth-order valence-corrected chi connectivity index (χ4v) is 5.40. The van der Waals surface area contributed by atoms with Gasteiger partial charge in [0.1, 0.15) is 0 Å². The van der Waals surface area contributed by atoms with E-state index < -0.39 is 0 Å². The van der Waals surface area contributed by atoms with Gasteiger partial charge in [0, 0.05) is 62.6 Å². The lowest BCUT2D eigenvalue weighted by atomic mass is 10.0. The summed E-state index contributed by atoms with van der Waals surface area (Å²) in [4.78, 5) is 20.4. The smallest absolute Gasteiger partial charge is 0.241 e. The van der Waals surface area contributed by atoms with Gasteiger partial charge >= 0.3 is 0 Å². The molecular formula is C24H31ClN6O3. The van der Waals surface area contributed by atoms with E-state index in [9.17, 15) is 4.79 Å². The minimum atomic E-state index is -0.294. The molecule has 2 N–H and O–H groups in total. The Kier molecular flexibility index (Phi) is 6.87. The maximum atomic E-state index is 11.3. The molecule has 5 rings (SSSR count). The van der Waals surface area contributed by atoms with E-state index in [1.165, 1.54) is 0 Å². The third-order valence-electron chi connectivity index (χ3n) is 6.92. The normalized spacial score (nSPS) is 20.8. The summed E-state index contributed by atoms with van der Waals surface area (Å²) in [6, 6.07) is 6.18. The molecule has 9 nitrogen and oxygen atoms in total. The van der Waals surface area contributed by atoms with E-state index in [0.29, 0.717) is 30.7 Å². The quantitative estimate of drug-likeness (QED) is 0.547. The van der Waals surface area contributed by atoms with Crippen molar-refractivity contribution in [2.24, 2.45) is 11.7 Å². The lowest BCUT2D eigenvalue weighted by Gasteiger charge is -2.38. The summed E-state index contributed by atoms with van der Waals surface area (Å²) in [5, 5.41) is 6.06. The molecule has 1 amide bonds. The summed E-state index contributed by atoms with van der Waals surface area (Å²) in [6.45, 7) is 7.89. The van der Waals surface area contributed by atoms with Crippen LogP contribution in [0.15, 0.2) is 28.9 Å². The SMILES string of the molecule is C[C@@H]1CN(Cc2nc(-c3cn(CC4CCOCC4)c4c(Cl)cccc34)no2)CCN1CC(N)=O. The summed E-state index contributed by atoms with van der Waals surface area (Å²) < 4.78 is 13.4. The van der Waals surface area contributed by atoms with E-state index in [0.717, 1.165) is 73.7 Å². The molecule has 4 heterocycles. The zero-order valence-electron chi connectivity index (χ0n) is 19.5. The molecule has 0 radical (unpaired) electrons. The number of carbonyl (C=O) groups excluding carboxylic acids is 1. The number of hydrogen-bond acceptors (Lipinski definition) is 7. The molecule has 0 spiro atoms. The molecule has 182 valence electrons. The van der Waals surface area contributed by atoms with Crippen molar-refractivity contribution in [3.05, 3.63) is 35.3 Å². The minimum absolute atomic E-state index is 0.231. The van der Waals surface area contributed by atoms with Gasteiger partial charge in [-0.25, -0.2) is 0 Å². The van der Waals surface area contributed by atoms with Crippen molar-refractivity contribution >= 4 is 28.4 Å². The highest BCUT2D eigenvalue weighted by Gasteiger charge is 2.26. The Morgan fingerprint density at radius 2 is 2.09 bits per heavy atom. The second kappa shape index (κ2) is 10.0. The van der Waals surface area contributed by atoms with E-state index in [1.807, 2.05) is 12.1 Å². The first-order valence-corrected chi connectivity index (χ1v) is 12.3. The molecule has 2 saturated heterocycles. The standard InChI is InChI=1S/C24H31ClN6O3/c1-16-11-29(7-8-30(16)14-21(26)32)15-22-27-24(28-34-22)19-13-31(12-17-5-9-33-10-6-17)23-18(19)3-2-4-20(23)25/h2-4,13,16-17H,5-12,14-15H2,1H3,(H2,26,32)/t16-/m1/s1. The van der Waals surface area contributed by atoms with Crippen LogP contribution in [0.1, 0.15) is 25.7 Å². The number of fused-ring (bicyclic) bond motifs is 1. The zero-order valence-corrected chi connectivity index (χ0v) is 20.2. The average molecular weight is 487 g/mol. The highest BCUT2D eigenvalue weighted by atomic mass is 35.5. The number of carbonyl (C=O) groups is 1. The second-order valence-electron chi connectivity index (χ2n) is 9.42. The lowest BCUT2D eigenvalue weighted by molar-refractivity contribution is -0.120. The van der Waals surface area contributed by atoms with E-state index in [-0.39, 0.29) is 11.9 Å². The number of piperazine rings is 1. The largest absolute Gasteiger partial charge is 0.381 e. The number of primary amides is 1. The van der Waals surface area contributed by atoms with E-state index in [1.54, 1.807) is 0 Å². The molecular weight excluding hydrogens is 456 g/mol. The molecule has 2 aromatic heterocycles. The Morgan fingerprint density at radius 1 is 1.26 bits per heavy atom. The minimum Gasteiger partial charge on any atom is -0.381 e. The molecule has 1 aromatic carbocycles. The number of halogens is 1. The van der Waals surface area contributed by atoms with E-state index >= 15 is 0 Å². The topological polar surface area (TPSA) is 103 Å². The van der Waals surface area contributed by atoms with Gasteiger partial charge in [-0.1, -0.05) is 28.9 Å². The van der Waals surface area contributed by atoms with Gasteiger partial charge in [-0.2, -0.15) is 4.98 Å². The molecule has 0 bridgehead atoms.